The molecule has 0 radical (unpaired) electrons. The Morgan fingerprint density at radius 3 is 2.44 bits per heavy atom. The fraction of sp³-hybridized carbons (Fsp3) is 0.417. The zero-order chi connectivity index (χ0) is 11.4. The third-order valence-electron chi connectivity index (χ3n) is 3.01. The molecule has 3 N–H and O–H groups in total. The number of hydrogen-bond acceptors (Lipinski definition) is 3. The Bertz CT molecular complexity index is 347. The SMILES string of the molecule is NNC(=O)C(c1ccccc1)N1CCCC1. The molecule has 0 aliphatic carbocycles. The number of likely N-dealkylation sites (tertiary alicyclic amines) is 1. The van der Waals surface area contributed by atoms with Crippen LogP contribution in [-0.2, 0) is 4.79 Å². The summed E-state index contributed by atoms with van der Waals surface area (Å²) in [6, 6.07) is 9.54. The number of hydrazine groups is 1. The number of carbonyl (C=O) groups is 1. The summed E-state index contributed by atoms with van der Waals surface area (Å²) in [5.41, 5.74) is 3.27. The van der Waals surface area contributed by atoms with Crippen LogP contribution in [0.5, 0.6) is 0 Å². The van der Waals surface area contributed by atoms with Crippen molar-refractivity contribution in [1.82, 2.24) is 10.3 Å². The van der Waals surface area contributed by atoms with E-state index >= 15 is 0 Å². The van der Waals surface area contributed by atoms with Crippen LogP contribution < -0.4 is 11.3 Å². The topological polar surface area (TPSA) is 58.4 Å². The quantitative estimate of drug-likeness (QED) is 0.449. The van der Waals surface area contributed by atoms with Crippen LogP contribution in [0.3, 0.4) is 0 Å². The summed E-state index contributed by atoms with van der Waals surface area (Å²) in [5.74, 6) is 5.12. The molecule has 2 rings (SSSR count). The smallest absolute Gasteiger partial charge is 0.255 e. The molecule has 0 aromatic heterocycles. The van der Waals surface area contributed by atoms with E-state index in [0.717, 1.165) is 31.5 Å². The summed E-state index contributed by atoms with van der Waals surface area (Å²) in [4.78, 5) is 14.0. The molecule has 1 unspecified atom stereocenters. The summed E-state index contributed by atoms with van der Waals surface area (Å²) in [7, 11) is 0. The van der Waals surface area contributed by atoms with Gasteiger partial charge in [0.15, 0.2) is 0 Å². The Kier molecular flexibility index (Phi) is 3.54. The van der Waals surface area contributed by atoms with Crippen molar-refractivity contribution < 1.29 is 4.79 Å². The Morgan fingerprint density at radius 1 is 1.25 bits per heavy atom. The van der Waals surface area contributed by atoms with Crippen LogP contribution in [0.15, 0.2) is 30.3 Å². The van der Waals surface area contributed by atoms with Crippen molar-refractivity contribution in [2.24, 2.45) is 5.84 Å². The highest BCUT2D eigenvalue weighted by atomic mass is 16.2. The van der Waals surface area contributed by atoms with Crippen molar-refractivity contribution in [2.75, 3.05) is 13.1 Å². The number of benzene rings is 1. The van der Waals surface area contributed by atoms with Gasteiger partial charge in [-0.05, 0) is 31.5 Å². The van der Waals surface area contributed by atoms with E-state index in [1.807, 2.05) is 30.3 Å². The second-order valence-electron chi connectivity index (χ2n) is 4.06. The maximum absolute atomic E-state index is 11.8. The number of nitrogens with one attached hydrogen (secondary N) is 1. The molecule has 4 heteroatoms. The summed E-state index contributed by atoms with van der Waals surface area (Å²) in [5, 5.41) is 0. The lowest BCUT2D eigenvalue weighted by Crippen LogP contribution is -2.42. The van der Waals surface area contributed by atoms with Crippen molar-refractivity contribution in [2.45, 2.75) is 18.9 Å². The average Bonchev–Trinajstić information content (AvgIpc) is 2.84. The van der Waals surface area contributed by atoms with Gasteiger partial charge in [0.05, 0.1) is 0 Å². The predicted octanol–water partition coefficient (Wildman–Crippen LogP) is 0.813. The highest BCUT2D eigenvalue weighted by molar-refractivity contribution is 5.82. The van der Waals surface area contributed by atoms with Gasteiger partial charge in [-0.25, -0.2) is 5.84 Å². The molecule has 1 fully saturated rings. The van der Waals surface area contributed by atoms with E-state index in [4.69, 9.17) is 5.84 Å². The standard InChI is InChI=1S/C12H17N3O/c13-14-12(16)11(15-8-4-5-9-15)10-6-2-1-3-7-10/h1-3,6-7,11H,4-5,8-9,13H2,(H,14,16). The number of carbonyl (C=O) groups excluding carboxylic acids is 1. The molecule has 0 saturated carbocycles. The van der Waals surface area contributed by atoms with Gasteiger partial charge in [-0.1, -0.05) is 30.3 Å². The summed E-state index contributed by atoms with van der Waals surface area (Å²) >= 11 is 0. The summed E-state index contributed by atoms with van der Waals surface area (Å²) in [6.45, 7) is 1.93. The van der Waals surface area contributed by atoms with Crippen LogP contribution in [0, 0.1) is 0 Å². The molecule has 1 aromatic carbocycles. The second-order valence-corrected chi connectivity index (χ2v) is 4.06. The maximum atomic E-state index is 11.8. The zero-order valence-corrected chi connectivity index (χ0v) is 9.23. The molecule has 1 saturated heterocycles. The molecule has 4 nitrogen and oxygen atoms in total. The minimum absolute atomic E-state index is 0.131. The molecule has 1 aliphatic rings. The Morgan fingerprint density at radius 2 is 1.88 bits per heavy atom. The van der Waals surface area contributed by atoms with Crippen molar-refractivity contribution in [3.05, 3.63) is 35.9 Å². The van der Waals surface area contributed by atoms with Crippen molar-refractivity contribution >= 4 is 5.91 Å². The molecule has 86 valence electrons. The van der Waals surface area contributed by atoms with Crippen molar-refractivity contribution in [1.29, 1.82) is 0 Å². The highest BCUT2D eigenvalue weighted by Crippen LogP contribution is 2.24. The first-order valence-corrected chi connectivity index (χ1v) is 5.62. The third-order valence-corrected chi connectivity index (χ3v) is 3.01. The van der Waals surface area contributed by atoms with Crippen LogP contribution in [0.4, 0.5) is 0 Å². The lowest BCUT2D eigenvalue weighted by atomic mass is 10.1. The Labute approximate surface area is 95.4 Å². The zero-order valence-electron chi connectivity index (χ0n) is 9.23. The van der Waals surface area contributed by atoms with Crippen LogP contribution >= 0.6 is 0 Å². The molecule has 1 atom stereocenters. The fourth-order valence-corrected chi connectivity index (χ4v) is 2.24. The number of nitrogens with zero attached hydrogens (tertiary/aromatic N) is 1. The molecule has 1 amide bonds. The Balaban J connectivity index is 2.24. The summed E-state index contributed by atoms with van der Waals surface area (Å²) in [6.07, 6.45) is 2.31. The van der Waals surface area contributed by atoms with E-state index in [0.29, 0.717) is 0 Å². The molecular formula is C12H17N3O. The van der Waals surface area contributed by atoms with E-state index in [-0.39, 0.29) is 11.9 Å². The van der Waals surface area contributed by atoms with E-state index in [9.17, 15) is 4.79 Å². The number of hydrogen-bond donors (Lipinski definition) is 2. The first-order chi connectivity index (χ1) is 7.83. The van der Waals surface area contributed by atoms with Gasteiger partial charge in [0, 0.05) is 0 Å². The molecule has 1 aliphatic heterocycles. The number of amides is 1. The van der Waals surface area contributed by atoms with E-state index in [1.54, 1.807) is 0 Å². The molecule has 1 aromatic rings. The van der Waals surface area contributed by atoms with Gasteiger partial charge in [0.2, 0.25) is 0 Å². The van der Waals surface area contributed by atoms with Crippen LogP contribution in [0.25, 0.3) is 0 Å². The van der Waals surface area contributed by atoms with Gasteiger partial charge >= 0.3 is 0 Å². The van der Waals surface area contributed by atoms with Gasteiger partial charge in [-0.2, -0.15) is 0 Å². The third kappa shape index (κ3) is 2.23. The minimum atomic E-state index is -0.242. The van der Waals surface area contributed by atoms with Gasteiger partial charge < -0.3 is 0 Å². The molecular weight excluding hydrogens is 202 g/mol. The monoisotopic (exact) mass is 219 g/mol. The predicted molar refractivity (Wildman–Crippen MR) is 62.3 cm³/mol. The van der Waals surface area contributed by atoms with E-state index in [2.05, 4.69) is 10.3 Å². The van der Waals surface area contributed by atoms with Gasteiger partial charge in [0.1, 0.15) is 6.04 Å². The second kappa shape index (κ2) is 5.09. The van der Waals surface area contributed by atoms with Crippen LogP contribution in [0.1, 0.15) is 24.4 Å². The fourth-order valence-electron chi connectivity index (χ4n) is 2.24. The largest absolute Gasteiger partial charge is 0.293 e. The lowest BCUT2D eigenvalue weighted by Gasteiger charge is -2.25. The lowest BCUT2D eigenvalue weighted by molar-refractivity contribution is -0.126. The first-order valence-electron chi connectivity index (χ1n) is 5.62. The van der Waals surface area contributed by atoms with Crippen molar-refractivity contribution in [3.63, 3.8) is 0 Å². The number of rotatable bonds is 3. The van der Waals surface area contributed by atoms with Crippen LogP contribution in [-0.4, -0.2) is 23.9 Å². The summed E-state index contributed by atoms with van der Waals surface area (Å²) < 4.78 is 0. The van der Waals surface area contributed by atoms with Gasteiger partial charge in [0.25, 0.3) is 5.91 Å². The Hall–Kier alpha value is -1.39. The van der Waals surface area contributed by atoms with Crippen LogP contribution in [0.2, 0.25) is 0 Å². The molecule has 16 heavy (non-hydrogen) atoms. The maximum Gasteiger partial charge on any atom is 0.255 e. The first kappa shape index (κ1) is 11.1. The van der Waals surface area contributed by atoms with E-state index in [1.165, 1.54) is 0 Å². The average molecular weight is 219 g/mol. The molecule has 1 heterocycles. The van der Waals surface area contributed by atoms with Gasteiger partial charge in [-0.3, -0.25) is 15.1 Å². The van der Waals surface area contributed by atoms with Crippen molar-refractivity contribution in [3.8, 4) is 0 Å². The normalized spacial score (nSPS) is 18.3. The number of nitrogens with two attached hydrogens (primary N) is 1. The minimum Gasteiger partial charge on any atom is -0.293 e. The van der Waals surface area contributed by atoms with E-state index < -0.39 is 0 Å². The highest BCUT2D eigenvalue weighted by Gasteiger charge is 2.28. The van der Waals surface area contributed by atoms with Gasteiger partial charge in [-0.15, -0.1) is 0 Å². The molecule has 0 spiro atoms. The molecule has 0 bridgehead atoms.